The third-order valence-electron chi connectivity index (χ3n) is 5.07. The molecule has 2 aliphatic rings. The first-order chi connectivity index (χ1) is 11.4. The number of carboxylic acids is 1. The molecule has 0 unspecified atom stereocenters. The van der Waals surface area contributed by atoms with Gasteiger partial charge in [0.2, 0.25) is 0 Å². The van der Waals surface area contributed by atoms with Crippen molar-refractivity contribution in [1.29, 1.82) is 0 Å². The quantitative estimate of drug-likeness (QED) is 0.873. The number of rotatable bonds is 4. The minimum atomic E-state index is -0.794. The minimum Gasteiger partial charge on any atom is -0.481 e. The fourth-order valence-corrected chi connectivity index (χ4v) is 3.67. The van der Waals surface area contributed by atoms with E-state index in [0.717, 1.165) is 18.4 Å². The fourth-order valence-electron chi connectivity index (χ4n) is 3.30. The van der Waals surface area contributed by atoms with Crippen molar-refractivity contribution in [3.05, 3.63) is 34.6 Å². The Hall–Kier alpha value is -1.82. The molecule has 2 N–H and O–H groups in total. The number of carbonyl (C=O) groups is 2. The highest BCUT2D eigenvalue weighted by atomic mass is 35.5. The average molecular weight is 355 g/mol. The van der Waals surface area contributed by atoms with Gasteiger partial charge in [-0.15, -0.1) is 0 Å². The lowest BCUT2D eigenvalue weighted by Crippen LogP contribution is -2.47. The second-order valence-corrected chi connectivity index (χ2v) is 7.07. The summed E-state index contributed by atoms with van der Waals surface area (Å²) in [4.78, 5) is 24.9. The van der Waals surface area contributed by atoms with Crippen LogP contribution in [0.4, 0.5) is 9.18 Å². The predicted molar refractivity (Wildman–Crippen MR) is 87.7 cm³/mol. The Labute approximate surface area is 144 Å². The molecule has 1 saturated heterocycles. The average Bonchev–Trinajstić information content (AvgIpc) is 3.33. The lowest BCUT2D eigenvalue weighted by atomic mass is 9.95. The van der Waals surface area contributed by atoms with E-state index in [1.54, 1.807) is 11.0 Å². The van der Waals surface area contributed by atoms with Gasteiger partial charge >= 0.3 is 12.0 Å². The molecule has 1 aliphatic heterocycles. The smallest absolute Gasteiger partial charge is 0.317 e. The molecule has 1 heterocycles. The lowest BCUT2D eigenvalue weighted by molar-refractivity contribution is -0.143. The van der Waals surface area contributed by atoms with Crippen molar-refractivity contribution in [1.82, 2.24) is 10.2 Å². The van der Waals surface area contributed by atoms with Crippen molar-refractivity contribution in [2.45, 2.75) is 31.1 Å². The maximum absolute atomic E-state index is 13.2. The van der Waals surface area contributed by atoms with Crippen LogP contribution in [0.25, 0.3) is 0 Å². The molecule has 3 rings (SSSR count). The number of carboxylic acid groups (broad SMARTS) is 1. The molecular weight excluding hydrogens is 335 g/mol. The molecule has 1 aromatic rings. The number of likely N-dealkylation sites (tertiary alicyclic amines) is 1. The molecule has 130 valence electrons. The molecule has 0 aromatic heterocycles. The number of urea groups is 1. The molecule has 0 bridgehead atoms. The summed E-state index contributed by atoms with van der Waals surface area (Å²) in [6, 6.07) is 4.20. The van der Waals surface area contributed by atoms with E-state index in [4.69, 9.17) is 16.7 Å². The summed E-state index contributed by atoms with van der Waals surface area (Å²) in [5.41, 5.74) is 0.662. The van der Waals surface area contributed by atoms with Gasteiger partial charge in [-0.25, -0.2) is 9.18 Å². The van der Waals surface area contributed by atoms with E-state index in [1.807, 2.05) is 0 Å². The highest BCUT2D eigenvalue weighted by Crippen LogP contribution is 2.50. The van der Waals surface area contributed by atoms with E-state index in [2.05, 4.69) is 5.32 Å². The first-order valence-corrected chi connectivity index (χ1v) is 8.50. The molecule has 0 radical (unpaired) electrons. The van der Waals surface area contributed by atoms with Crippen LogP contribution in [0.3, 0.4) is 0 Å². The van der Waals surface area contributed by atoms with Gasteiger partial charge in [-0.3, -0.25) is 4.79 Å². The molecule has 0 atom stereocenters. The minimum absolute atomic E-state index is 0.177. The zero-order chi connectivity index (χ0) is 17.3. The van der Waals surface area contributed by atoms with Gasteiger partial charge in [0.25, 0.3) is 0 Å². The second-order valence-electron chi connectivity index (χ2n) is 6.66. The largest absolute Gasteiger partial charge is 0.481 e. The normalized spacial score (nSPS) is 19.8. The number of aliphatic carboxylic acids is 1. The van der Waals surface area contributed by atoms with Crippen LogP contribution < -0.4 is 5.32 Å². The van der Waals surface area contributed by atoms with Crippen LogP contribution in [0.15, 0.2) is 18.2 Å². The number of hydrogen-bond acceptors (Lipinski definition) is 2. The fraction of sp³-hybridized carbons (Fsp3) is 0.529. The van der Waals surface area contributed by atoms with E-state index in [9.17, 15) is 14.0 Å². The third kappa shape index (κ3) is 3.48. The Morgan fingerprint density at radius 2 is 2.00 bits per heavy atom. The monoisotopic (exact) mass is 354 g/mol. The summed E-state index contributed by atoms with van der Waals surface area (Å²) in [5, 5.41) is 12.3. The summed E-state index contributed by atoms with van der Waals surface area (Å²) in [6.07, 6.45) is 2.77. The number of carbonyl (C=O) groups excluding carboxylic acids is 1. The number of piperidine rings is 1. The first-order valence-electron chi connectivity index (χ1n) is 8.12. The second kappa shape index (κ2) is 6.59. The molecule has 24 heavy (non-hydrogen) atoms. The number of benzene rings is 1. The SMILES string of the molecule is O=C(O)C1CCN(C(=O)NCC2(c3ccc(F)cc3Cl)CC2)CC1. The molecule has 2 amide bonds. The van der Waals surface area contributed by atoms with Crippen LogP contribution in [-0.2, 0) is 10.2 Å². The zero-order valence-electron chi connectivity index (χ0n) is 13.2. The number of hydrogen-bond donors (Lipinski definition) is 2. The summed E-state index contributed by atoms with van der Waals surface area (Å²) < 4.78 is 13.2. The third-order valence-corrected chi connectivity index (χ3v) is 5.38. The Balaban J connectivity index is 1.56. The maximum atomic E-state index is 13.2. The van der Waals surface area contributed by atoms with Crippen LogP contribution in [-0.4, -0.2) is 41.6 Å². The summed E-state index contributed by atoms with van der Waals surface area (Å²) in [5.74, 6) is -1.52. The molecule has 1 saturated carbocycles. The Morgan fingerprint density at radius 1 is 1.33 bits per heavy atom. The van der Waals surface area contributed by atoms with Crippen molar-refractivity contribution in [3.63, 3.8) is 0 Å². The van der Waals surface area contributed by atoms with E-state index in [-0.39, 0.29) is 23.2 Å². The van der Waals surface area contributed by atoms with Crippen LogP contribution in [0, 0.1) is 11.7 Å². The van der Waals surface area contributed by atoms with Gasteiger partial charge in [0.15, 0.2) is 0 Å². The molecule has 1 aromatic carbocycles. The Bertz CT molecular complexity index is 655. The van der Waals surface area contributed by atoms with Crippen molar-refractivity contribution >= 4 is 23.6 Å². The van der Waals surface area contributed by atoms with Crippen LogP contribution in [0.2, 0.25) is 5.02 Å². The molecule has 1 aliphatic carbocycles. The van der Waals surface area contributed by atoms with Gasteiger partial charge in [0, 0.05) is 30.1 Å². The van der Waals surface area contributed by atoms with Gasteiger partial charge in [-0.1, -0.05) is 17.7 Å². The van der Waals surface area contributed by atoms with Gasteiger partial charge in [0.1, 0.15) is 5.82 Å². The van der Waals surface area contributed by atoms with Crippen molar-refractivity contribution in [2.24, 2.45) is 5.92 Å². The van der Waals surface area contributed by atoms with Crippen LogP contribution in [0.1, 0.15) is 31.2 Å². The molecule has 0 spiro atoms. The van der Waals surface area contributed by atoms with Gasteiger partial charge in [-0.05, 0) is 43.4 Å². The van der Waals surface area contributed by atoms with E-state index in [1.165, 1.54) is 12.1 Å². The van der Waals surface area contributed by atoms with E-state index in [0.29, 0.717) is 37.5 Å². The van der Waals surface area contributed by atoms with E-state index >= 15 is 0 Å². The van der Waals surface area contributed by atoms with Crippen LogP contribution in [0.5, 0.6) is 0 Å². The number of nitrogens with zero attached hydrogens (tertiary/aromatic N) is 1. The zero-order valence-corrected chi connectivity index (χ0v) is 14.0. The van der Waals surface area contributed by atoms with Gasteiger partial charge in [0.05, 0.1) is 5.92 Å². The highest BCUT2D eigenvalue weighted by Gasteiger charge is 2.46. The topological polar surface area (TPSA) is 69.6 Å². The number of halogens is 2. The van der Waals surface area contributed by atoms with Gasteiger partial charge in [-0.2, -0.15) is 0 Å². The predicted octanol–water partition coefficient (Wildman–Crippen LogP) is 3.02. The molecule has 7 heteroatoms. The first kappa shape index (κ1) is 17.0. The Morgan fingerprint density at radius 3 is 2.54 bits per heavy atom. The molecule has 5 nitrogen and oxygen atoms in total. The number of nitrogens with one attached hydrogen (secondary N) is 1. The molecular formula is C17H20ClFN2O3. The standard InChI is InChI=1S/C17H20ClFN2O3/c18-14-9-12(19)1-2-13(14)17(5-6-17)10-20-16(24)21-7-3-11(4-8-21)15(22)23/h1-2,9,11H,3-8,10H2,(H,20,24)(H,22,23). The number of amides is 2. The summed E-state index contributed by atoms with van der Waals surface area (Å²) in [6.45, 7) is 1.36. The lowest BCUT2D eigenvalue weighted by Gasteiger charge is -2.31. The summed E-state index contributed by atoms with van der Waals surface area (Å²) >= 11 is 6.15. The summed E-state index contributed by atoms with van der Waals surface area (Å²) in [7, 11) is 0. The van der Waals surface area contributed by atoms with Crippen molar-refractivity contribution < 1.29 is 19.1 Å². The maximum Gasteiger partial charge on any atom is 0.317 e. The Kier molecular flexibility index (Phi) is 4.67. The highest BCUT2D eigenvalue weighted by molar-refractivity contribution is 6.31. The van der Waals surface area contributed by atoms with Gasteiger partial charge < -0.3 is 15.3 Å². The van der Waals surface area contributed by atoms with Crippen molar-refractivity contribution in [3.8, 4) is 0 Å². The van der Waals surface area contributed by atoms with Crippen molar-refractivity contribution in [2.75, 3.05) is 19.6 Å². The van der Waals surface area contributed by atoms with Crippen LogP contribution >= 0.6 is 11.6 Å². The van der Waals surface area contributed by atoms with E-state index < -0.39 is 5.97 Å². The molecule has 2 fully saturated rings.